The van der Waals surface area contributed by atoms with Gasteiger partial charge in [0.2, 0.25) is 0 Å². The summed E-state index contributed by atoms with van der Waals surface area (Å²) in [4.78, 5) is 0. The standard InChI is InChI=1S/Bi.2In.2Zn. The Labute approximate surface area is 114 Å². The Morgan fingerprint density at radius 2 is 0.600 bits per heavy atom. The fraction of sp³-hybridized carbons (Fsp3) is 0. The third kappa shape index (κ3) is 18.1. The summed E-state index contributed by atoms with van der Waals surface area (Å²) in [6, 6.07) is 0. The van der Waals surface area contributed by atoms with E-state index < -0.39 is 0 Å². The van der Waals surface area contributed by atoms with Crippen LogP contribution < -0.4 is 0 Å². The van der Waals surface area contributed by atoms with Crippen molar-refractivity contribution in [1.82, 2.24) is 0 Å². The van der Waals surface area contributed by atoms with Crippen molar-refractivity contribution in [2.24, 2.45) is 0 Å². The molecule has 0 nitrogen and oxygen atoms in total. The Balaban J connectivity index is 0. The maximum Gasteiger partial charge on any atom is 0 e. The molecule has 0 aromatic heterocycles. The molecule has 0 aliphatic carbocycles. The first-order valence-electron chi connectivity index (χ1n) is 0. The first-order valence-corrected chi connectivity index (χ1v) is 0. The van der Waals surface area contributed by atoms with Crippen molar-refractivity contribution in [1.29, 1.82) is 0 Å². The zero-order valence-electron chi connectivity index (χ0n) is 3.02. The van der Waals surface area contributed by atoms with E-state index in [0.29, 0.717) is 0 Å². The van der Waals surface area contributed by atoms with E-state index in [0.717, 1.165) is 0 Å². The Kier molecular flexibility index (Phi) is 182. The third-order valence-corrected chi connectivity index (χ3v) is 0. The van der Waals surface area contributed by atoms with Gasteiger partial charge in [-0.1, -0.05) is 0 Å². The number of hydrogen-bond donors (Lipinski definition) is 0. The quantitative estimate of drug-likeness (QED) is 0.324. The zero-order chi connectivity index (χ0) is 0. The molecule has 0 aromatic carbocycles. The molecule has 5 heavy (non-hydrogen) atoms. The summed E-state index contributed by atoms with van der Waals surface area (Å²) in [6.45, 7) is 0. The summed E-state index contributed by atoms with van der Waals surface area (Å²) in [5.74, 6) is 0. The van der Waals surface area contributed by atoms with Gasteiger partial charge in [0.25, 0.3) is 0 Å². The molecule has 9 radical (unpaired) electrons. The maximum atomic E-state index is 0. The van der Waals surface area contributed by atoms with Crippen molar-refractivity contribution in [2.75, 3.05) is 0 Å². The van der Waals surface area contributed by atoms with Gasteiger partial charge in [0.05, 0.1) is 0 Å². The van der Waals surface area contributed by atoms with Gasteiger partial charge in [-0.25, -0.2) is 0 Å². The molecule has 5 heteroatoms. The number of rotatable bonds is 0. The average molecular weight is 569 g/mol. The fourth-order valence-electron chi connectivity index (χ4n) is 0. The molecule has 0 saturated carbocycles. The summed E-state index contributed by atoms with van der Waals surface area (Å²) < 4.78 is 0. The van der Waals surface area contributed by atoms with E-state index in [-0.39, 0.29) is 117 Å². The zero-order valence-corrected chi connectivity index (χ0v) is 19.0. The molecule has 0 aromatic rings. The molecule has 15 valence electrons. The summed E-state index contributed by atoms with van der Waals surface area (Å²) in [7, 11) is 0. The van der Waals surface area contributed by atoms with Gasteiger partial charge in [-0.15, -0.1) is 0 Å². The van der Waals surface area contributed by atoms with Crippen molar-refractivity contribution in [3.8, 4) is 0 Å². The Morgan fingerprint density at radius 1 is 0.600 bits per heavy atom. The van der Waals surface area contributed by atoms with Crippen LogP contribution in [0.2, 0.25) is 0 Å². The van der Waals surface area contributed by atoms with Gasteiger partial charge in [0, 0.05) is 117 Å². The molecular formula is BiIn2Zn2. The summed E-state index contributed by atoms with van der Waals surface area (Å²) in [5, 5.41) is 0. The van der Waals surface area contributed by atoms with E-state index in [2.05, 4.69) is 0 Å². The van der Waals surface area contributed by atoms with Crippen molar-refractivity contribution >= 4 is 77.9 Å². The van der Waals surface area contributed by atoms with Crippen LogP contribution in [-0.2, 0) is 39.0 Å². The molecule has 0 saturated heterocycles. The molecule has 0 N–H and O–H groups in total. The van der Waals surface area contributed by atoms with Crippen LogP contribution in [0.1, 0.15) is 0 Å². The van der Waals surface area contributed by atoms with Crippen molar-refractivity contribution < 1.29 is 39.0 Å². The van der Waals surface area contributed by atoms with Crippen LogP contribution in [0, 0.1) is 0 Å². The van der Waals surface area contributed by atoms with Crippen LogP contribution in [-0.4, -0.2) is 77.9 Å². The Hall–Kier alpha value is 3.87. The minimum absolute atomic E-state index is 0. The van der Waals surface area contributed by atoms with Gasteiger partial charge in [-0.2, -0.15) is 0 Å². The molecule has 0 bridgehead atoms. The SMILES string of the molecule is [Bi].[In].[In].[Zn].[Zn]. The summed E-state index contributed by atoms with van der Waals surface area (Å²) in [5.41, 5.74) is 0. The smallest absolute Gasteiger partial charge is 0 e. The monoisotopic (exact) mass is 567 g/mol. The van der Waals surface area contributed by atoms with Crippen LogP contribution in [0.25, 0.3) is 0 Å². The van der Waals surface area contributed by atoms with Gasteiger partial charge in [0.1, 0.15) is 0 Å². The minimum atomic E-state index is 0. The molecular weight excluding hydrogens is 569 g/mol. The number of hydrogen-bond acceptors (Lipinski definition) is 0. The van der Waals surface area contributed by atoms with Gasteiger partial charge in [-0.3, -0.25) is 0 Å². The largest absolute Gasteiger partial charge is 0 e. The summed E-state index contributed by atoms with van der Waals surface area (Å²) in [6.07, 6.45) is 0. The van der Waals surface area contributed by atoms with Gasteiger partial charge < -0.3 is 0 Å². The van der Waals surface area contributed by atoms with Gasteiger partial charge in [-0.05, 0) is 0 Å². The van der Waals surface area contributed by atoms with E-state index >= 15 is 0 Å². The topological polar surface area (TPSA) is 0 Å². The Morgan fingerprint density at radius 3 is 0.600 bits per heavy atom. The van der Waals surface area contributed by atoms with E-state index in [1.54, 1.807) is 0 Å². The van der Waals surface area contributed by atoms with Crippen LogP contribution in [0.5, 0.6) is 0 Å². The minimum Gasteiger partial charge on any atom is 0 e. The molecule has 0 amide bonds. The van der Waals surface area contributed by atoms with Crippen LogP contribution in [0.3, 0.4) is 0 Å². The Bertz CT molecular complexity index is 7.61. The van der Waals surface area contributed by atoms with Gasteiger partial charge in [0.15, 0.2) is 0 Å². The molecule has 0 fully saturated rings. The fourth-order valence-corrected chi connectivity index (χ4v) is 0. The van der Waals surface area contributed by atoms with Crippen molar-refractivity contribution in [3.63, 3.8) is 0 Å². The normalized spacial score (nSPS) is 0. The second-order valence-electron chi connectivity index (χ2n) is 0. The molecule has 0 aliphatic rings. The molecule has 0 heterocycles. The van der Waals surface area contributed by atoms with Crippen molar-refractivity contribution in [2.45, 2.75) is 0 Å². The first kappa shape index (κ1) is 36.7. The average Bonchev–Trinajstić information content (AvgIpc) is 0. The van der Waals surface area contributed by atoms with E-state index in [1.807, 2.05) is 0 Å². The molecule has 0 unspecified atom stereocenters. The van der Waals surface area contributed by atoms with E-state index in [4.69, 9.17) is 0 Å². The summed E-state index contributed by atoms with van der Waals surface area (Å²) >= 11 is 0. The van der Waals surface area contributed by atoms with Crippen LogP contribution in [0.4, 0.5) is 0 Å². The second-order valence-corrected chi connectivity index (χ2v) is 0. The molecule has 0 aliphatic heterocycles. The van der Waals surface area contributed by atoms with Crippen LogP contribution in [0.15, 0.2) is 0 Å². The van der Waals surface area contributed by atoms with Gasteiger partial charge >= 0.3 is 0 Å². The van der Waals surface area contributed by atoms with E-state index in [9.17, 15) is 0 Å². The van der Waals surface area contributed by atoms with E-state index in [1.165, 1.54) is 0 Å². The molecule has 0 spiro atoms. The predicted molar refractivity (Wildman–Crippen MR) is 17.3 cm³/mol. The second kappa shape index (κ2) is 24.8. The third-order valence-electron chi connectivity index (χ3n) is 0. The maximum absolute atomic E-state index is 0. The first-order chi connectivity index (χ1) is 0. The predicted octanol–water partition coefficient (Wildman–Crippen LogP) is -1.15. The molecule has 0 rings (SSSR count). The van der Waals surface area contributed by atoms with Crippen molar-refractivity contribution in [3.05, 3.63) is 0 Å². The molecule has 0 atom stereocenters. The van der Waals surface area contributed by atoms with Crippen LogP contribution >= 0.6 is 0 Å².